The zero-order valence-electron chi connectivity index (χ0n) is 18.5. The molecule has 1 N–H and O–H groups in total. The summed E-state index contributed by atoms with van der Waals surface area (Å²) >= 11 is 0. The minimum Gasteiger partial charge on any atom is -0.385 e. The molecule has 2 aliphatic heterocycles. The van der Waals surface area contributed by atoms with Crippen LogP contribution in [0.4, 0.5) is 0 Å². The molecule has 32 heavy (non-hydrogen) atoms. The number of amides is 2. The lowest BCUT2D eigenvalue weighted by molar-refractivity contribution is -0.158. The molecule has 3 aliphatic rings. The molecule has 1 aliphatic carbocycles. The Kier molecular flexibility index (Phi) is 5.76. The van der Waals surface area contributed by atoms with Crippen LogP contribution < -0.4 is 0 Å². The number of rotatable bonds is 4. The Morgan fingerprint density at radius 2 is 1.69 bits per heavy atom. The Morgan fingerprint density at radius 3 is 2.44 bits per heavy atom. The van der Waals surface area contributed by atoms with Crippen LogP contribution in [0.3, 0.4) is 0 Å². The van der Waals surface area contributed by atoms with Crippen LogP contribution in [0, 0.1) is 11.8 Å². The van der Waals surface area contributed by atoms with Crippen LogP contribution in [0.15, 0.2) is 60.7 Å². The van der Waals surface area contributed by atoms with Crippen LogP contribution >= 0.6 is 0 Å². The summed E-state index contributed by atoms with van der Waals surface area (Å²) in [6.07, 6.45) is 4.88. The van der Waals surface area contributed by atoms with E-state index in [9.17, 15) is 14.7 Å². The zero-order chi connectivity index (χ0) is 22.1. The highest BCUT2D eigenvalue weighted by atomic mass is 16.3. The lowest BCUT2D eigenvalue weighted by Gasteiger charge is -2.53. The third-order valence-electron chi connectivity index (χ3n) is 7.81. The smallest absolute Gasteiger partial charge is 0.228 e. The molecule has 0 aromatic heterocycles. The summed E-state index contributed by atoms with van der Waals surface area (Å²) in [5, 5.41) is 11.8. The number of carbonyl (C=O) groups excluding carboxylic acids is 2. The Labute approximate surface area is 190 Å². The van der Waals surface area contributed by atoms with Crippen molar-refractivity contribution in [3.05, 3.63) is 71.8 Å². The van der Waals surface area contributed by atoms with Crippen molar-refractivity contribution >= 4 is 11.8 Å². The van der Waals surface area contributed by atoms with E-state index in [-0.39, 0.29) is 29.7 Å². The molecule has 168 valence electrons. The van der Waals surface area contributed by atoms with Gasteiger partial charge in [0, 0.05) is 38.0 Å². The Morgan fingerprint density at radius 1 is 1.00 bits per heavy atom. The maximum Gasteiger partial charge on any atom is 0.228 e. The van der Waals surface area contributed by atoms with Crippen molar-refractivity contribution in [1.82, 2.24) is 9.80 Å². The van der Waals surface area contributed by atoms with E-state index in [2.05, 4.69) is 0 Å². The van der Waals surface area contributed by atoms with Gasteiger partial charge in [-0.05, 0) is 30.4 Å². The predicted molar refractivity (Wildman–Crippen MR) is 122 cm³/mol. The molecule has 2 aromatic rings. The molecule has 5 nitrogen and oxygen atoms in total. The van der Waals surface area contributed by atoms with Crippen LogP contribution in [0.25, 0.3) is 0 Å². The van der Waals surface area contributed by atoms with Crippen LogP contribution in [-0.4, -0.2) is 45.9 Å². The molecule has 2 amide bonds. The van der Waals surface area contributed by atoms with Gasteiger partial charge in [0.1, 0.15) is 0 Å². The second kappa shape index (κ2) is 8.70. The summed E-state index contributed by atoms with van der Waals surface area (Å²) < 4.78 is 0. The molecule has 2 aromatic carbocycles. The average molecular weight is 433 g/mol. The average Bonchev–Trinajstić information content (AvgIpc) is 3.20. The molecule has 0 radical (unpaired) electrons. The predicted octanol–water partition coefficient (Wildman–Crippen LogP) is 3.71. The highest BCUT2D eigenvalue weighted by molar-refractivity contribution is 5.89. The van der Waals surface area contributed by atoms with E-state index in [1.165, 1.54) is 0 Å². The molecule has 4 atom stereocenters. The van der Waals surface area contributed by atoms with Crippen molar-refractivity contribution in [3.63, 3.8) is 0 Å². The lowest BCUT2D eigenvalue weighted by Crippen LogP contribution is -2.60. The quantitative estimate of drug-likeness (QED) is 0.801. The van der Waals surface area contributed by atoms with Gasteiger partial charge in [-0.3, -0.25) is 9.59 Å². The van der Waals surface area contributed by atoms with Crippen molar-refractivity contribution in [2.24, 2.45) is 11.8 Å². The third kappa shape index (κ3) is 3.83. The second-order valence-corrected chi connectivity index (χ2v) is 9.69. The zero-order valence-corrected chi connectivity index (χ0v) is 18.5. The maximum atomic E-state index is 13.6. The fraction of sp³-hybridized carbons (Fsp3) is 0.481. The summed E-state index contributed by atoms with van der Waals surface area (Å²) in [4.78, 5) is 30.1. The molecule has 3 fully saturated rings. The molecule has 1 saturated carbocycles. The van der Waals surface area contributed by atoms with E-state index in [4.69, 9.17) is 0 Å². The highest BCUT2D eigenvalue weighted by Gasteiger charge is 2.51. The molecular weight excluding hydrogens is 400 g/mol. The van der Waals surface area contributed by atoms with Gasteiger partial charge in [0.05, 0.1) is 11.5 Å². The highest BCUT2D eigenvalue weighted by Crippen LogP contribution is 2.47. The Bertz CT molecular complexity index is 963. The normalized spacial score (nSPS) is 30.3. The van der Waals surface area contributed by atoms with E-state index < -0.39 is 5.60 Å². The van der Waals surface area contributed by atoms with Gasteiger partial charge in [-0.1, -0.05) is 73.5 Å². The van der Waals surface area contributed by atoms with Crippen molar-refractivity contribution in [2.45, 2.75) is 56.7 Å². The Balaban J connectivity index is 1.32. The van der Waals surface area contributed by atoms with Gasteiger partial charge < -0.3 is 14.9 Å². The number of fused-ring (bicyclic) bond motifs is 1. The van der Waals surface area contributed by atoms with Gasteiger partial charge in [-0.2, -0.15) is 0 Å². The summed E-state index contributed by atoms with van der Waals surface area (Å²) in [5.41, 5.74) is 1.18. The first-order chi connectivity index (χ1) is 15.6. The summed E-state index contributed by atoms with van der Waals surface area (Å²) in [6, 6.07) is 20.0. The molecule has 2 unspecified atom stereocenters. The number of piperidine rings is 1. The van der Waals surface area contributed by atoms with E-state index in [1.807, 2.05) is 70.5 Å². The lowest BCUT2D eigenvalue weighted by atomic mass is 9.66. The monoisotopic (exact) mass is 432 g/mol. The topological polar surface area (TPSA) is 60.9 Å². The Hall–Kier alpha value is -2.66. The fourth-order valence-electron chi connectivity index (χ4n) is 6.17. The summed E-state index contributed by atoms with van der Waals surface area (Å²) in [7, 11) is 0. The van der Waals surface area contributed by atoms with E-state index in [1.54, 1.807) is 0 Å². The first-order valence-corrected chi connectivity index (χ1v) is 12.0. The van der Waals surface area contributed by atoms with E-state index >= 15 is 0 Å². The van der Waals surface area contributed by atoms with E-state index in [0.29, 0.717) is 32.5 Å². The fourth-order valence-corrected chi connectivity index (χ4v) is 6.17. The maximum absolute atomic E-state index is 13.6. The van der Waals surface area contributed by atoms with Crippen molar-refractivity contribution in [1.29, 1.82) is 0 Å². The van der Waals surface area contributed by atoms with Crippen molar-refractivity contribution < 1.29 is 14.7 Å². The summed E-state index contributed by atoms with van der Waals surface area (Å²) in [6.45, 7) is 1.60. The molecule has 0 spiro atoms. The van der Waals surface area contributed by atoms with Gasteiger partial charge in [0.25, 0.3) is 0 Å². The van der Waals surface area contributed by atoms with Crippen LogP contribution in [0.2, 0.25) is 0 Å². The van der Waals surface area contributed by atoms with Gasteiger partial charge in [-0.15, -0.1) is 0 Å². The van der Waals surface area contributed by atoms with E-state index in [0.717, 1.165) is 36.8 Å². The van der Waals surface area contributed by atoms with Crippen molar-refractivity contribution in [3.8, 4) is 0 Å². The minimum absolute atomic E-state index is 0.0495. The third-order valence-corrected chi connectivity index (χ3v) is 7.81. The molecule has 5 rings (SSSR count). The van der Waals surface area contributed by atoms with Crippen molar-refractivity contribution in [2.75, 3.05) is 13.1 Å². The number of hydrogen-bond acceptors (Lipinski definition) is 3. The number of benzene rings is 2. The van der Waals surface area contributed by atoms with Gasteiger partial charge in [0.15, 0.2) is 0 Å². The van der Waals surface area contributed by atoms with Crippen LogP contribution in [-0.2, 0) is 21.7 Å². The molecule has 0 bridgehead atoms. The standard InChI is InChI=1S/C27H32N2O3/c30-25-17-21(19-28(25)18-20-9-3-1-4-10-20)26(31)29-16-15-27(32,22-11-5-2-6-12-22)23-13-7-8-14-24(23)29/h1-6,9-12,21,23-24,32H,7-8,13-19H2/t21?,23-,24+,27?/m1/s1. The largest absolute Gasteiger partial charge is 0.385 e. The number of hydrogen-bond donors (Lipinski definition) is 1. The number of aliphatic hydroxyl groups is 1. The molecule has 5 heteroatoms. The first-order valence-electron chi connectivity index (χ1n) is 12.0. The minimum atomic E-state index is -0.881. The van der Waals surface area contributed by atoms with Gasteiger partial charge >= 0.3 is 0 Å². The summed E-state index contributed by atoms with van der Waals surface area (Å²) in [5.74, 6) is -0.0725. The first kappa shape index (κ1) is 21.2. The number of nitrogens with zero attached hydrogens (tertiary/aromatic N) is 2. The SMILES string of the molecule is O=C1CC(C(=O)N2CCC(O)(c3ccccc3)[C@@H]3CCCC[C@@H]32)CN1Cc1ccccc1. The second-order valence-electron chi connectivity index (χ2n) is 9.69. The van der Waals surface area contributed by atoms with Crippen LogP contribution in [0.5, 0.6) is 0 Å². The number of carbonyl (C=O) groups is 2. The number of likely N-dealkylation sites (tertiary alicyclic amines) is 2. The molecule has 2 saturated heterocycles. The molecular formula is C27H32N2O3. The van der Waals surface area contributed by atoms with Crippen LogP contribution in [0.1, 0.15) is 49.7 Å². The molecule has 2 heterocycles. The van der Waals surface area contributed by atoms with Gasteiger partial charge in [0.2, 0.25) is 11.8 Å². The van der Waals surface area contributed by atoms with Gasteiger partial charge in [-0.25, -0.2) is 0 Å².